The van der Waals surface area contributed by atoms with Crippen molar-refractivity contribution in [2.45, 2.75) is 33.7 Å². The number of thioether (sulfide) groups is 1. The number of imide groups is 1. The van der Waals surface area contributed by atoms with E-state index in [0.29, 0.717) is 39.4 Å². The minimum absolute atomic E-state index is 0.0244. The summed E-state index contributed by atoms with van der Waals surface area (Å²) >= 11 is 0.838. The number of carbonyl (C=O) groups excluding carboxylic acids is 4. The maximum Gasteiger partial charge on any atom is 0.294 e. The van der Waals surface area contributed by atoms with Crippen molar-refractivity contribution in [1.82, 2.24) is 19.3 Å². The van der Waals surface area contributed by atoms with Crippen LogP contribution in [0.2, 0.25) is 0 Å². The van der Waals surface area contributed by atoms with Crippen LogP contribution in [0.25, 0.3) is 17.0 Å². The fourth-order valence-electron chi connectivity index (χ4n) is 4.64. The van der Waals surface area contributed by atoms with E-state index in [9.17, 15) is 19.2 Å². The van der Waals surface area contributed by atoms with Gasteiger partial charge in [0.2, 0.25) is 11.8 Å². The summed E-state index contributed by atoms with van der Waals surface area (Å²) in [6.45, 7) is 8.98. The highest BCUT2D eigenvalue weighted by Gasteiger charge is 2.37. The third-order valence-electron chi connectivity index (χ3n) is 6.63. The van der Waals surface area contributed by atoms with Gasteiger partial charge in [0.05, 0.1) is 23.6 Å². The predicted molar refractivity (Wildman–Crippen MR) is 139 cm³/mol. The molecule has 36 heavy (non-hydrogen) atoms. The molecule has 0 radical (unpaired) electrons. The van der Waals surface area contributed by atoms with E-state index >= 15 is 0 Å². The van der Waals surface area contributed by atoms with Gasteiger partial charge < -0.3 is 19.1 Å². The van der Waals surface area contributed by atoms with Crippen LogP contribution in [0.15, 0.2) is 29.3 Å². The van der Waals surface area contributed by atoms with Crippen LogP contribution in [0.1, 0.15) is 31.9 Å². The number of benzene rings is 1. The maximum absolute atomic E-state index is 13.1. The lowest BCUT2D eigenvalue weighted by atomic mass is 10.1. The quantitative estimate of drug-likeness (QED) is 0.505. The fraction of sp³-hybridized carbons (Fsp3) is 0.462. The molecule has 4 amide bonds. The van der Waals surface area contributed by atoms with Crippen molar-refractivity contribution in [3.8, 4) is 0 Å². The summed E-state index contributed by atoms with van der Waals surface area (Å²) in [4.78, 5) is 55.9. The Morgan fingerprint density at radius 1 is 1.08 bits per heavy atom. The second-order valence-corrected chi connectivity index (χ2v) is 9.70. The molecule has 192 valence electrons. The van der Waals surface area contributed by atoms with E-state index in [2.05, 4.69) is 6.92 Å². The molecule has 10 heteroatoms. The number of aryl methyl sites for hydroxylation is 1. The monoisotopic (exact) mass is 512 g/mol. The number of morpholine rings is 1. The average molecular weight is 513 g/mol. The van der Waals surface area contributed by atoms with Gasteiger partial charge in [-0.2, -0.15) is 0 Å². The summed E-state index contributed by atoms with van der Waals surface area (Å²) in [7, 11) is 0. The molecule has 1 aromatic heterocycles. The molecule has 9 nitrogen and oxygen atoms in total. The third kappa shape index (κ3) is 5.19. The first-order chi connectivity index (χ1) is 17.4. The Labute approximate surface area is 215 Å². The number of hydrogen-bond donors (Lipinski definition) is 0. The second-order valence-electron chi connectivity index (χ2n) is 8.71. The van der Waals surface area contributed by atoms with Crippen LogP contribution in [0.4, 0.5) is 4.79 Å². The first-order valence-electron chi connectivity index (χ1n) is 12.4. The first-order valence-corrected chi connectivity index (χ1v) is 13.2. The van der Waals surface area contributed by atoms with Crippen molar-refractivity contribution >= 4 is 51.7 Å². The molecule has 1 aromatic carbocycles. The molecule has 2 aromatic rings. The Kier molecular flexibility index (Phi) is 8.15. The van der Waals surface area contributed by atoms with Crippen LogP contribution in [0.3, 0.4) is 0 Å². The van der Waals surface area contributed by atoms with Crippen LogP contribution < -0.4 is 0 Å². The van der Waals surface area contributed by atoms with E-state index in [4.69, 9.17) is 4.74 Å². The van der Waals surface area contributed by atoms with E-state index in [-0.39, 0.29) is 29.8 Å². The third-order valence-corrected chi connectivity index (χ3v) is 7.54. The van der Waals surface area contributed by atoms with Gasteiger partial charge in [0.1, 0.15) is 13.1 Å². The number of fused-ring (bicyclic) bond motifs is 1. The lowest BCUT2D eigenvalue weighted by Gasteiger charge is -2.28. The zero-order valence-corrected chi connectivity index (χ0v) is 21.8. The molecule has 0 bridgehead atoms. The fourth-order valence-corrected chi connectivity index (χ4v) is 5.47. The number of hydrogen-bond acceptors (Lipinski definition) is 6. The van der Waals surface area contributed by atoms with E-state index in [1.165, 1.54) is 0 Å². The van der Waals surface area contributed by atoms with Crippen LogP contribution in [-0.2, 0) is 32.1 Å². The topological polar surface area (TPSA) is 92.2 Å². The highest BCUT2D eigenvalue weighted by atomic mass is 32.2. The highest BCUT2D eigenvalue weighted by Crippen LogP contribution is 2.35. The molecule has 4 rings (SSSR count). The molecule has 2 fully saturated rings. The highest BCUT2D eigenvalue weighted by molar-refractivity contribution is 8.18. The number of likely N-dealkylation sites (N-methyl/N-ethyl adjacent to an activating group) is 1. The van der Waals surface area contributed by atoms with Crippen LogP contribution in [0.5, 0.6) is 0 Å². The average Bonchev–Trinajstić information content (AvgIpc) is 3.36. The molecule has 0 spiro atoms. The normalized spacial score (nSPS) is 17.5. The number of amides is 4. The Morgan fingerprint density at radius 3 is 2.47 bits per heavy atom. The van der Waals surface area contributed by atoms with Gasteiger partial charge in [-0.05, 0) is 43.7 Å². The van der Waals surface area contributed by atoms with E-state index in [1.807, 2.05) is 42.8 Å². The van der Waals surface area contributed by atoms with E-state index in [0.717, 1.165) is 45.1 Å². The van der Waals surface area contributed by atoms with Gasteiger partial charge in [-0.25, -0.2) is 0 Å². The lowest BCUT2D eigenvalue weighted by molar-refractivity contribution is -0.139. The molecular formula is C26H32N4O5S. The molecule has 2 aliphatic rings. The molecule has 0 unspecified atom stereocenters. The van der Waals surface area contributed by atoms with Crippen molar-refractivity contribution in [3.05, 3.63) is 40.4 Å². The molecule has 0 atom stereocenters. The number of ether oxygens (including phenoxy) is 1. The van der Waals surface area contributed by atoms with Crippen molar-refractivity contribution in [2.75, 3.05) is 45.9 Å². The van der Waals surface area contributed by atoms with Crippen LogP contribution >= 0.6 is 11.8 Å². The molecule has 0 saturated carbocycles. The Balaban J connectivity index is 1.63. The Hall–Kier alpha value is -3.11. The van der Waals surface area contributed by atoms with Crippen LogP contribution in [-0.4, -0.2) is 88.2 Å². The number of para-hydroxylation sites is 1. The smallest absolute Gasteiger partial charge is 0.294 e. The maximum atomic E-state index is 13.1. The van der Waals surface area contributed by atoms with Gasteiger partial charge in [-0.15, -0.1) is 0 Å². The van der Waals surface area contributed by atoms with Gasteiger partial charge in [-0.1, -0.05) is 25.1 Å². The second kappa shape index (κ2) is 11.3. The summed E-state index contributed by atoms with van der Waals surface area (Å²) in [5.74, 6) is -0.712. The number of aromatic nitrogens is 1. The number of carbonyl (C=O) groups is 4. The van der Waals surface area contributed by atoms with Gasteiger partial charge in [0, 0.05) is 43.3 Å². The summed E-state index contributed by atoms with van der Waals surface area (Å²) in [5, 5.41) is 0.459. The van der Waals surface area contributed by atoms with E-state index in [1.54, 1.807) is 15.9 Å². The zero-order chi connectivity index (χ0) is 25.8. The number of rotatable bonds is 8. The van der Waals surface area contributed by atoms with Crippen LogP contribution in [0, 0.1) is 0 Å². The standard InChI is InChI=1S/C26H32N4O5S/c1-4-18-8-7-9-20-19(15-29(24(18)20)16-22(31)27(5-2)6-3)14-21-25(33)30(26(34)36-21)17-23(32)28-10-12-35-13-11-28/h7-9,14-15H,4-6,10-13,16-17H2,1-3H3/b21-14-. The minimum Gasteiger partial charge on any atom is -0.378 e. The van der Waals surface area contributed by atoms with Gasteiger partial charge in [0.25, 0.3) is 11.1 Å². The molecule has 0 N–H and O–H groups in total. The Morgan fingerprint density at radius 2 is 1.81 bits per heavy atom. The van der Waals surface area contributed by atoms with Crippen molar-refractivity contribution < 1.29 is 23.9 Å². The zero-order valence-electron chi connectivity index (χ0n) is 21.0. The van der Waals surface area contributed by atoms with Crippen molar-refractivity contribution in [3.63, 3.8) is 0 Å². The SMILES string of the molecule is CCc1cccc2c(/C=C3\SC(=O)N(CC(=O)N4CCOCC4)C3=O)cn(CC(=O)N(CC)CC)c12. The van der Waals surface area contributed by atoms with Gasteiger partial charge in [-0.3, -0.25) is 24.1 Å². The molecule has 2 saturated heterocycles. The summed E-state index contributed by atoms with van der Waals surface area (Å²) in [6.07, 6.45) is 4.36. The summed E-state index contributed by atoms with van der Waals surface area (Å²) < 4.78 is 7.21. The van der Waals surface area contributed by atoms with Gasteiger partial charge in [0.15, 0.2) is 0 Å². The van der Waals surface area contributed by atoms with Crippen molar-refractivity contribution in [1.29, 1.82) is 0 Å². The first kappa shape index (κ1) is 26.0. The summed E-state index contributed by atoms with van der Waals surface area (Å²) in [6, 6.07) is 5.96. The minimum atomic E-state index is -0.474. The predicted octanol–water partition coefficient (Wildman–Crippen LogP) is 2.97. The largest absolute Gasteiger partial charge is 0.378 e. The van der Waals surface area contributed by atoms with Gasteiger partial charge >= 0.3 is 0 Å². The molecule has 0 aliphatic carbocycles. The summed E-state index contributed by atoms with van der Waals surface area (Å²) in [5.41, 5.74) is 2.81. The number of nitrogens with zero attached hydrogens (tertiary/aromatic N) is 4. The molecule has 3 heterocycles. The van der Waals surface area contributed by atoms with Crippen molar-refractivity contribution in [2.24, 2.45) is 0 Å². The Bertz CT molecular complexity index is 1210. The molecule has 2 aliphatic heterocycles. The lowest BCUT2D eigenvalue weighted by Crippen LogP contribution is -2.46. The van der Waals surface area contributed by atoms with E-state index < -0.39 is 11.1 Å². The molecular weight excluding hydrogens is 480 g/mol.